The molecule has 1 heterocycles. The normalized spacial score (nSPS) is 11.6. The Balaban J connectivity index is 1.63. The van der Waals surface area contributed by atoms with Gasteiger partial charge in [-0.05, 0) is 43.3 Å². The molecule has 8 heteroatoms. The fraction of sp³-hybridized carbons (Fsp3) is 0.143. The van der Waals surface area contributed by atoms with Gasteiger partial charge in [-0.3, -0.25) is 4.79 Å². The van der Waals surface area contributed by atoms with Crippen LogP contribution >= 0.6 is 0 Å². The average molecular weight is 400 g/mol. The molecule has 0 radical (unpaired) electrons. The van der Waals surface area contributed by atoms with E-state index in [1.165, 1.54) is 6.92 Å². The highest BCUT2D eigenvalue weighted by atomic mass is 19.1. The zero-order valence-electron chi connectivity index (χ0n) is 15.4. The average Bonchev–Trinajstić information content (AvgIpc) is 3.22. The van der Waals surface area contributed by atoms with Crippen LogP contribution in [0.25, 0.3) is 0 Å². The summed E-state index contributed by atoms with van der Waals surface area (Å²) in [6, 6.07) is 12.9. The first-order chi connectivity index (χ1) is 13.9. The van der Waals surface area contributed by atoms with E-state index in [-0.39, 0.29) is 11.3 Å². The van der Waals surface area contributed by atoms with Crippen molar-refractivity contribution in [2.45, 2.75) is 19.6 Å². The van der Waals surface area contributed by atoms with Crippen molar-refractivity contribution in [3.05, 3.63) is 83.8 Å². The van der Waals surface area contributed by atoms with Gasteiger partial charge in [-0.25, -0.2) is 13.6 Å². The summed E-state index contributed by atoms with van der Waals surface area (Å²) in [4.78, 5) is 24.7. The van der Waals surface area contributed by atoms with Crippen LogP contribution in [0.2, 0.25) is 0 Å². The van der Waals surface area contributed by atoms with Crippen molar-refractivity contribution in [2.75, 3.05) is 10.6 Å². The number of halogens is 2. The van der Waals surface area contributed by atoms with E-state index in [1.807, 2.05) is 0 Å². The number of para-hydroxylation sites is 1. The molecule has 0 spiro atoms. The molecule has 2 aromatic carbocycles. The molecule has 0 aliphatic carbocycles. The summed E-state index contributed by atoms with van der Waals surface area (Å²) in [6.45, 7) is 1.71. The van der Waals surface area contributed by atoms with Crippen molar-refractivity contribution < 1.29 is 27.5 Å². The summed E-state index contributed by atoms with van der Waals surface area (Å²) >= 11 is 0. The van der Waals surface area contributed by atoms with E-state index >= 15 is 0 Å². The number of hydrogen-bond donors (Lipinski definition) is 2. The summed E-state index contributed by atoms with van der Waals surface area (Å²) in [6.07, 6.45) is 0.339. The number of anilines is 2. The molecule has 150 valence electrons. The topological polar surface area (TPSA) is 80.6 Å². The summed E-state index contributed by atoms with van der Waals surface area (Å²) in [7, 11) is 0. The van der Waals surface area contributed by atoms with Gasteiger partial charge < -0.3 is 19.8 Å². The molecule has 0 unspecified atom stereocenters. The van der Waals surface area contributed by atoms with Gasteiger partial charge in [0.1, 0.15) is 17.4 Å². The molecule has 0 aliphatic rings. The third-order valence-electron chi connectivity index (χ3n) is 4.02. The number of hydrogen-bond acceptors (Lipinski definition) is 5. The summed E-state index contributed by atoms with van der Waals surface area (Å²) in [5.74, 6) is -2.48. The Morgan fingerprint density at radius 1 is 1.07 bits per heavy atom. The van der Waals surface area contributed by atoms with E-state index in [0.717, 1.165) is 12.1 Å². The molecule has 1 amide bonds. The van der Waals surface area contributed by atoms with Crippen LogP contribution in [0.15, 0.2) is 65.3 Å². The third-order valence-corrected chi connectivity index (χ3v) is 4.02. The highest BCUT2D eigenvalue weighted by Gasteiger charge is 2.22. The number of furan rings is 1. The van der Waals surface area contributed by atoms with Crippen LogP contribution in [-0.4, -0.2) is 18.0 Å². The van der Waals surface area contributed by atoms with Crippen LogP contribution in [0.5, 0.6) is 0 Å². The molecule has 0 fully saturated rings. The van der Waals surface area contributed by atoms with Crippen molar-refractivity contribution in [3.8, 4) is 0 Å². The molecule has 0 saturated heterocycles. The first-order valence-corrected chi connectivity index (χ1v) is 8.76. The Hall–Kier alpha value is -3.68. The zero-order chi connectivity index (χ0) is 20.8. The highest BCUT2D eigenvalue weighted by Crippen LogP contribution is 2.19. The SMILES string of the molecule is C[C@H](OC(=O)c1ccccc1NCc1ccco1)C(=O)Nc1ccc(F)cc1F. The quantitative estimate of drug-likeness (QED) is 0.576. The molecule has 3 rings (SSSR count). The molecule has 2 N–H and O–H groups in total. The number of rotatable bonds is 7. The van der Waals surface area contributed by atoms with Gasteiger partial charge in [0.25, 0.3) is 5.91 Å². The Morgan fingerprint density at radius 2 is 1.86 bits per heavy atom. The van der Waals surface area contributed by atoms with Crippen LogP contribution in [0.3, 0.4) is 0 Å². The number of ether oxygens (including phenoxy) is 1. The summed E-state index contributed by atoms with van der Waals surface area (Å²) in [5, 5.41) is 5.34. The first-order valence-electron chi connectivity index (χ1n) is 8.76. The van der Waals surface area contributed by atoms with E-state index in [1.54, 1.807) is 42.7 Å². The largest absolute Gasteiger partial charge is 0.467 e. The van der Waals surface area contributed by atoms with Gasteiger partial charge in [-0.2, -0.15) is 0 Å². The predicted octanol–water partition coefficient (Wildman–Crippen LogP) is 4.35. The first kappa shape index (κ1) is 20.1. The molecular formula is C21H18F2N2O4. The minimum absolute atomic E-state index is 0.209. The van der Waals surface area contributed by atoms with Crippen LogP contribution in [-0.2, 0) is 16.1 Å². The van der Waals surface area contributed by atoms with Crippen molar-refractivity contribution in [1.29, 1.82) is 0 Å². The lowest BCUT2D eigenvalue weighted by molar-refractivity contribution is -0.123. The highest BCUT2D eigenvalue weighted by molar-refractivity contribution is 5.99. The lowest BCUT2D eigenvalue weighted by Gasteiger charge is -2.16. The number of esters is 1. The molecule has 6 nitrogen and oxygen atoms in total. The Kier molecular flexibility index (Phi) is 6.23. The van der Waals surface area contributed by atoms with Gasteiger partial charge in [-0.1, -0.05) is 12.1 Å². The molecule has 29 heavy (non-hydrogen) atoms. The molecular weight excluding hydrogens is 382 g/mol. The fourth-order valence-corrected chi connectivity index (χ4v) is 2.51. The minimum Gasteiger partial charge on any atom is -0.467 e. The van der Waals surface area contributed by atoms with Crippen LogP contribution in [0.1, 0.15) is 23.0 Å². The number of carbonyl (C=O) groups excluding carboxylic acids is 2. The number of benzene rings is 2. The van der Waals surface area contributed by atoms with Crippen molar-refractivity contribution >= 4 is 23.3 Å². The Morgan fingerprint density at radius 3 is 2.59 bits per heavy atom. The maximum absolute atomic E-state index is 13.7. The predicted molar refractivity (Wildman–Crippen MR) is 102 cm³/mol. The van der Waals surface area contributed by atoms with E-state index in [2.05, 4.69) is 10.6 Å². The monoisotopic (exact) mass is 400 g/mol. The molecule has 0 saturated carbocycles. The summed E-state index contributed by atoms with van der Waals surface area (Å²) in [5.41, 5.74) is 0.526. The van der Waals surface area contributed by atoms with Crippen LogP contribution in [0.4, 0.5) is 20.2 Å². The van der Waals surface area contributed by atoms with Gasteiger partial charge in [0.15, 0.2) is 6.10 Å². The minimum atomic E-state index is -1.20. The zero-order valence-corrected chi connectivity index (χ0v) is 15.4. The van der Waals surface area contributed by atoms with E-state index in [0.29, 0.717) is 24.1 Å². The lowest BCUT2D eigenvalue weighted by atomic mass is 10.1. The van der Waals surface area contributed by atoms with Crippen LogP contribution in [0, 0.1) is 11.6 Å². The second-order valence-corrected chi connectivity index (χ2v) is 6.14. The maximum atomic E-state index is 13.7. The van der Waals surface area contributed by atoms with Gasteiger partial charge >= 0.3 is 5.97 Å². The second-order valence-electron chi connectivity index (χ2n) is 6.14. The molecule has 1 atom stereocenters. The number of carbonyl (C=O) groups is 2. The molecule has 3 aromatic rings. The van der Waals surface area contributed by atoms with Gasteiger partial charge in [-0.15, -0.1) is 0 Å². The maximum Gasteiger partial charge on any atom is 0.341 e. The van der Waals surface area contributed by atoms with Crippen molar-refractivity contribution in [2.24, 2.45) is 0 Å². The van der Waals surface area contributed by atoms with Crippen molar-refractivity contribution in [3.63, 3.8) is 0 Å². The lowest BCUT2D eigenvalue weighted by Crippen LogP contribution is -2.30. The fourth-order valence-electron chi connectivity index (χ4n) is 2.51. The molecule has 0 bridgehead atoms. The van der Waals surface area contributed by atoms with Gasteiger partial charge in [0.2, 0.25) is 0 Å². The standard InChI is InChI=1S/C21H18F2N2O4/c1-13(20(26)25-19-9-8-14(22)11-17(19)23)29-21(27)16-6-2-3-7-18(16)24-12-15-5-4-10-28-15/h2-11,13,24H,12H2,1H3,(H,25,26)/t13-/m0/s1. The number of nitrogens with one attached hydrogen (secondary N) is 2. The van der Waals surface area contributed by atoms with E-state index < -0.39 is 29.6 Å². The van der Waals surface area contributed by atoms with Crippen molar-refractivity contribution in [1.82, 2.24) is 0 Å². The van der Waals surface area contributed by atoms with E-state index in [4.69, 9.17) is 9.15 Å². The third kappa shape index (κ3) is 5.19. The van der Waals surface area contributed by atoms with E-state index in [9.17, 15) is 18.4 Å². The molecule has 1 aromatic heterocycles. The molecule has 0 aliphatic heterocycles. The summed E-state index contributed by atoms with van der Waals surface area (Å²) < 4.78 is 37.1. The second kappa shape index (κ2) is 9.01. The Bertz CT molecular complexity index is 1010. The van der Waals surface area contributed by atoms with Crippen LogP contribution < -0.4 is 10.6 Å². The number of amides is 1. The van der Waals surface area contributed by atoms with Gasteiger partial charge in [0.05, 0.1) is 24.1 Å². The Labute approximate surface area is 165 Å². The van der Waals surface area contributed by atoms with Gasteiger partial charge in [0, 0.05) is 11.8 Å². The smallest absolute Gasteiger partial charge is 0.341 e.